The molecule has 0 saturated carbocycles. The van der Waals surface area contributed by atoms with Crippen LogP contribution in [0.5, 0.6) is 11.5 Å². The molecule has 1 unspecified atom stereocenters. The fourth-order valence-corrected chi connectivity index (χ4v) is 3.64. The van der Waals surface area contributed by atoms with Gasteiger partial charge in [0, 0.05) is 24.7 Å². The van der Waals surface area contributed by atoms with Gasteiger partial charge in [0.05, 0.1) is 6.54 Å². The molecule has 0 aliphatic carbocycles. The van der Waals surface area contributed by atoms with Gasteiger partial charge in [0.1, 0.15) is 0 Å². The second kappa shape index (κ2) is 11.8. The van der Waals surface area contributed by atoms with E-state index in [4.69, 9.17) is 9.47 Å². The van der Waals surface area contributed by atoms with Gasteiger partial charge >= 0.3 is 0 Å². The second-order valence-corrected chi connectivity index (χ2v) is 7.34. The number of terminal acetylenes is 1. The van der Waals surface area contributed by atoms with Crippen molar-refractivity contribution in [2.45, 2.75) is 39.7 Å². The molecule has 1 N–H and O–H groups in total. The first-order valence-electron chi connectivity index (χ1n) is 10.4. The molecule has 1 aromatic rings. The Morgan fingerprint density at radius 1 is 1.17 bits per heavy atom. The zero-order valence-corrected chi connectivity index (χ0v) is 18.1. The Morgan fingerprint density at radius 3 is 2.47 bits per heavy atom. The molecule has 0 aromatic heterocycles. The number of hydrogen-bond acceptors (Lipinski definition) is 4. The lowest BCUT2D eigenvalue weighted by molar-refractivity contribution is -0.131. The van der Waals surface area contributed by atoms with Crippen LogP contribution < -0.4 is 14.8 Å². The molecule has 1 amide bonds. The van der Waals surface area contributed by atoms with E-state index < -0.39 is 0 Å². The first-order valence-corrected chi connectivity index (χ1v) is 10.4. The van der Waals surface area contributed by atoms with Crippen molar-refractivity contribution in [2.24, 2.45) is 5.92 Å². The molecule has 30 heavy (non-hydrogen) atoms. The van der Waals surface area contributed by atoms with E-state index >= 15 is 0 Å². The molecule has 4 rings (SSSR count). The summed E-state index contributed by atoms with van der Waals surface area (Å²) in [5.41, 5.74) is 2.69. The quantitative estimate of drug-likeness (QED) is 0.705. The van der Waals surface area contributed by atoms with Crippen molar-refractivity contribution in [1.29, 1.82) is 0 Å². The number of para-hydroxylation sites is 2. The van der Waals surface area contributed by atoms with E-state index in [1.54, 1.807) is 0 Å². The van der Waals surface area contributed by atoms with Gasteiger partial charge < -0.3 is 19.7 Å². The maximum atomic E-state index is 11.9. The van der Waals surface area contributed by atoms with E-state index in [2.05, 4.69) is 56.3 Å². The average Bonchev–Trinajstić information content (AvgIpc) is 3.27. The summed E-state index contributed by atoms with van der Waals surface area (Å²) in [7, 11) is 0. The van der Waals surface area contributed by atoms with Gasteiger partial charge in [-0.3, -0.25) is 4.79 Å². The molecule has 3 aliphatic heterocycles. The molecule has 5 nitrogen and oxygen atoms in total. The first kappa shape index (κ1) is 23.2. The Kier molecular flexibility index (Phi) is 9.08. The molecule has 2 atom stereocenters. The van der Waals surface area contributed by atoms with Crippen molar-refractivity contribution >= 4 is 5.91 Å². The lowest BCUT2D eigenvalue weighted by atomic mass is 9.91. The largest absolute Gasteiger partial charge is 0.454 e. The molecule has 0 saturated heterocycles. The van der Waals surface area contributed by atoms with E-state index in [1.807, 2.05) is 36.1 Å². The van der Waals surface area contributed by atoms with Gasteiger partial charge in [-0.2, -0.15) is 0 Å². The van der Waals surface area contributed by atoms with Gasteiger partial charge in [-0.1, -0.05) is 50.3 Å². The number of carbonyl (C=O) groups excluding carboxylic acids is 1. The Hall–Kier alpha value is -3.13. The average molecular weight is 409 g/mol. The van der Waals surface area contributed by atoms with Crippen LogP contribution in [0.2, 0.25) is 0 Å². The van der Waals surface area contributed by atoms with Crippen LogP contribution in [0.4, 0.5) is 0 Å². The van der Waals surface area contributed by atoms with Crippen LogP contribution in [0.1, 0.15) is 33.6 Å². The summed E-state index contributed by atoms with van der Waals surface area (Å²) in [6.07, 6.45) is 18.1. The van der Waals surface area contributed by atoms with Crippen LogP contribution in [0.15, 0.2) is 59.8 Å². The van der Waals surface area contributed by atoms with E-state index in [9.17, 15) is 4.79 Å². The molecule has 0 bridgehead atoms. The van der Waals surface area contributed by atoms with Crippen molar-refractivity contribution in [3.8, 4) is 24.3 Å². The number of amides is 1. The molecule has 0 radical (unpaired) electrons. The summed E-state index contributed by atoms with van der Waals surface area (Å²) in [6, 6.07) is 7.93. The minimum Gasteiger partial charge on any atom is -0.454 e. The molecular weight excluding hydrogens is 376 g/mol. The number of hydrogen-bond donors (Lipinski definition) is 1. The topological polar surface area (TPSA) is 50.8 Å². The first-order chi connectivity index (χ1) is 14.6. The smallest absolute Gasteiger partial charge is 0.231 e. The van der Waals surface area contributed by atoms with Crippen LogP contribution in [0.3, 0.4) is 0 Å². The summed E-state index contributed by atoms with van der Waals surface area (Å²) < 4.78 is 10.2. The summed E-state index contributed by atoms with van der Waals surface area (Å²) in [5.74, 6) is 2.37. The molecule has 160 valence electrons. The van der Waals surface area contributed by atoms with Crippen LogP contribution in [-0.4, -0.2) is 36.7 Å². The standard InChI is InChI=1S/C16H24N2O.C7H6O2.C2H2/c1-4-16(19)18-10-12(2)14-9-7-5-6-8-13(3)17-15(14)11-18;1-2-4-7-6(3-1)8-5-9-7;1-2/h5-8,12-13,17H,4,9-11H2,1-3H3;1-4H,5H2;1-2H/b7-5-,8-6-;;/t12-,13?;;/m0../s1. The Labute approximate surface area is 180 Å². The van der Waals surface area contributed by atoms with Crippen LogP contribution in [0.25, 0.3) is 0 Å². The highest BCUT2D eigenvalue weighted by Crippen LogP contribution is 2.30. The van der Waals surface area contributed by atoms with Crippen molar-refractivity contribution in [3.05, 3.63) is 59.8 Å². The summed E-state index contributed by atoms with van der Waals surface area (Å²) in [6.45, 7) is 8.24. The molecule has 3 heterocycles. The third kappa shape index (κ3) is 6.18. The second-order valence-electron chi connectivity index (χ2n) is 7.34. The zero-order chi connectivity index (χ0) is 21.9. The molecule has 1 aromatic carbocycles. The minimum atomic E-state index is 0.249. The van der Waals surface area contributed by atoms with Crippen molar-refractivity contribution in [2.75, 3.05) is 19.9 Å². The highest BCUT2D eigenvalue weighted by molar-refractivity contribution is 5.76. The van der Waals surface area contributed by atoms with E-state index in [0.717, 1.165) is 31.0 Å². The number of fused-ring (bicyclic) bond motifs is 1. The van der Waals surface area contributed by atoms with Crippen LogP contribution in [-0.2, 0) is 4.79 Å². The van der Waals surface area contributed by atoms with Crippen LogP contribution >= 0.6 is 0 Å². The molecule has 5 heteroatoms. The Balaban J connectivity index is 0.000000241. The maximum Gasteiger partial charge on any atom is 0.231 e. The molecule has 0 spiro atoms. The molecular formula is C25H32N2O3. The highest BCUT2D eigenvalue weighted by atomic mass is 16.7. The predicted molar refractivity (Wildman–Crippen MR) is 121 cm³/mol. The van der Waals surface area contributed by atoms with Gasteiger partial charge in [0.25, 0.3) is 0 Å². The molecule has 0 fully saturated rings. The fraction of sp³-hybridized carbons (Fsp3) is 0.400. The third-order valence-electron chi connectivity index (χ3n) is 5.15. The van der Waals surface area contributed by atoms with Crippen molar-refractivity contribution in [1.82, 2.24) is 10.2 Å². The summed E-state index contributed by atoms with van der Waals surface area (Å²) in [4.78, 5) is 13.9. The number of nitrogens with one attached hydrogen (secondary N) is 1. The highest BCUT2D eigenvalue weighted by Gasteiger charge is 2.27. The number of benzene rings is 1. The van der Waals surface area contributed by atoms with Gasteiger partial charge in [0.15, 0.2) is 11.5 Å². The van der Waals surface area contributed by atoms with Gasteiger partial charge in [0.2, 0.25) is 12.7 Å². The van der Waals surface area contributed by atoms with Crippen molar-refractivity contribution < 1.29 is 14.3 Å². The van der Waals surface area contributed by atoms with E-state index in [-0.39, 0.29) is 5.91 Å². The number of rotatable bonds is 1. The third-order valence-corrected chi connectivity index (χ3v) is 5.15. The summed E-state index contributed by atoms with van der Waals surface area (Å²) >= 11 is 0. The molecule has 3 aliphatic rings. The number of carbonyl (C=O) groups is 1. The van der Waals surface area contributed by atoms with Crippen LogP contribution in [0, 0.1) is 18.8 Å². The fourth-order valence-electron chi connectivity index (χ4n) is 3.64. The summed E-state index contributed by atoms with van der Waals surface area (Å²) in [5, 5.41) is 3.56. The SMILES string of the molecule is C#C.CCC(=O)N1CC2=C(C/C=C\C=C/C(C)N2)[C@@H](C)C1.c1ccc2c(c1)OCO2. The number of ether oxygens (including phenoxy) is 2. The van der Waals surface area contributed by atoms with Crippen molar-refractivity contribution in [3.63, 3.8) is 0 Å². The zero-order valence-electron chi connectivity index (χ0n) is 18.1. The van der Waals surface area contributed by atoms with E-state index in [0.29, 0.717) is 25.2 Å². The van der Waals surface area contributed by atoms with Gasteiger partial charge in [-0.25, -0.2) is 0 Å². The van der Waals surface area contributed by atoms with Gasteiger partial charge in [-0.15, -0.1) is 12.8 Å². The lowest BCUT2D eigenvalue weighted by Crippen LogP contribution is -2.44. The normalized spacial score (nSPS) is 23.6. The maximum absolute atomic E-state index is 11.9. The predicted octanol–water partition coefficient (Wildman–Crippen LogP) is 4.29. The Bertz CT molecular complexity index is 800. The van der Waals surface area contributed by atoms with E-state index in [1.165, 1.54) is 11.3 Å². The minimum absolute atomic E-state index is 0.249. The number of nitrogens with zero attached hydrogens (tertiary/aromatic N) is 1. The Morgan fingerprint density at radius 2 is 1.83 bits per heavy atom. The lowest BCUT2D eigenvalue weighted by Gasteiger charge is -2.36. The van der Waals surface area contributed by atoms with Gasteiger partial charge in [-0.05, 0) is 37.0 Å². The number of allylic oxidation sites excluding steroid dienone is 3. The monoisotopic (exact) mass is 408 g/mol.